The molecule has 0 aromatic carbocycles. The minimum absolute atomic E-state index is 0. The van der Waals surface area contributed by atoms with E-state index < -0.39 is 5.54 Å². The van der Waals surface area contributed by atoms with Crippen LogP contribution in [0.3, 0.4) is 0 Å². The summed E-state index contributed by atoms with van der Waals surface area (Å²) in [7, 11) is 0. The summed E-state index contributed by atoms with van der Waals surface area (Å²) in [6, 6.07) is 0.488. The summed E-state index contributed by atoms with van der Waals surface area (Å²) in [4.78, 5) is 14.8. The third-order valence-corrected chi connectivity index (χ3v) is 5.11. The van der Waals surface area contributed by atoms with Crippen molar-refractivity contribution in [1.82, 2.24) is 4.90 Å². The minimum Gasteiger partial charge on any atom is -0.393 e. The quantitative estimate of drug-likeness (QED) is 0.770. The van der Waals surface area contributed by atoms with Gasteiger partial charge in [0.25, 0.3) is 0 Å². The van der Waals surface area contributed by atoms with Crippen molar-refractivity contribution in [3.05, 3.63) is 0 Å². The second-order valence-corrected chi connectivity index (χ2v) is 6.44. The van der Waals surface area contributed by atoms with Crippen molar-refractivity contribution in [2.75, 3.05) is 0 Å². The van der Waals surface area contributed by atoms with E-state index in [0.29, 0.717) is 0 Å². The van der Waals surface area contributed by atoms with Crippen molar-refractivity contribution in [1.29, 1.82) is 0 Å². The van der Waals surface area contributed by atoms with Crippen molar-refractivity contribution in [2.24, 2.45) is 5.73 Å². The van der Waals surface area contributed by atoms with Gasteiger partial charge in [-0.3, -0.25) is 4.79 Å². The highest BCUT2D eigenvalue weighted by molar-refractivity contribution is 5.87. The molecule has 2 saturated heterocycles. The minimum atomic E-state index is -0.610. The predicted molar refractivity (Wildman–Crippen MR) is 76.1 cm³/mol. The Morgan fingerprint density at radius 2 is 1.63 bits per heavy atom. The molecule has 2 bridgehead atoms. The van der Waals surface area contributed by atoms with Gasteiger partial charge in [-0.15, -0.1) is 12.4 Å². The van der Waals surface area contributed by atoms with Crippen LogP contribution in [0.5, 0.6) is 0 Å². The van der Waals surface area contributed by atoms with E-state index in [-0.39, 0.29) is 36.5 Å². The fourth-order valence-electron chi connectivity index (χ4n) is 4.13. The summed E-state index contributed by atoms with van der Waals surface area (Å²) in [6.07, 6.45) is 8.41. The molecular formula is C14H25ClN2O2. The van der Waals surface area contributed by atoms with Crippen molar-refractivity contribution in [3.63, 3.8) is 0 Å². The van der Waals surface area contributed by atoms with Gasteiger partial charge in [0.2, 0.25) is 5.91 Å². The SMILES string of the molecule is Cl.NC1(C(=O)N2C3CCC2CC(O)C3)CCCCC1. The monoisotopic (exact) mass is 288 g/mol. The molecule has 2 heterocycles. The maximum atomic E-state index is 12.8. The van der Waals surface area contributed by atoms with Crippen LogP contribution in [-0.2, 0) is 4.79 Å². The number of aliphatic hydroxyl groups excluding tert-OH is 1. The van der Waals surface area contributed by atoms with Gasteiger partial charge in [0, 0.05) is 12.1 Å². The summed E-state index contributed by atoms with van der Waals surface area (Å²) in [6.45, 7) is 0. The van der Waals surface area contributed by atoms with Crippen LogP contribution in [0.15, 0.2) is 0 Å². The first kappa shape index (κ1) is 15.1. The molecule has 1 aliphatic carbocycles. The Kier molecular flexibility index (Phi) is 4.43. The molecule has 2 unspecified atom stereocenters. The zero-order valence-corrected chi connectivity index (χ0v) is 12.2. The lowest BCUT2D eigenvalue weighted by Crippen LogP contribution is -2.61. The van der Waals surface area contributed by atoms with Crippen molar-refractivity contribution in [3.8, 4) is 0 Å². The molecule has 0 spiro atoms. The smallest absolute Gasteiger partial charge is 0.243 e. The average molecular weight is 289 g/mol. The zero-order valence-electron chi connectivity index (χ0n) is 11.4. The number of nitrogens with zero attached hydrogens (tertiary/aromatic N) is 1. The Bertz CT molecular complexity index is 330. The number of halogens is 1. The number of hydrogen-bond donors (Lipinski definition) is 2. The molecule has 19 heavy (non-hydrogen) atoms. The maximum absolute atomic E-state index is 12.8. The van der Waals surface area contributed by atoms with Gasteiger partial charge in [-0.2, -0.15) is 0 Å². The number of carbonyl (C=O) groups excluding carboxylic acids is 1. The van der Waals surface area contributed by atoms with Crippen molar-refractivity contribution < 1.29 is 9.90 Å². The third kappa shape index (κ3) is 2.63. The maximum Gasteiger partial charge on any atom is 0.243 e. The van der Waals surface area contributed by atoms with Gasteiger partial charge < -0.3 is 15.7 Å². The standard InChI is InChI=1S/C14H24N2O2.ClH/c15-14(6-2-1-3-7-14)13(18)16-10-4-5-11(16)9-12(17)8-10;/h10-12,17H,1-9,15H2;1H. The lowest BCUT2D eigenvalue weighted by molar-refractivity contribution is -0.144. The Hall–Kier alpha value is -0.320. The molecule has 1 amide bonds. The van der Waals surface area contributed by atoms with Gasteiger partial charge in [0.1, 0.15) is 0 Å². The molecule has 0 aromatic heterocycles. The van der Waals surface area contributed by atoms with E-state index in [0.717, 1.165) is 51.4 Å². The molecule has 2 aliphatic heterocycles. The molecule has 3 N–H and O–H groups in total. The highest BCUT2D eigenvalue weighted by Crippen LogP contribution is 2.39. The van der Waals surface area contributed by atoms with E-state index in [1.54, 1.807) is 0 Å². The van der Waals surface area contributed by atoms with Crippen LogP contribution < -0.4 is 5.73 Å². The molecule has 110 valence electrons. The number of fused-ring (bicyclic) bond motifs is 2. The topological polar surface area (TPSA) is 66.6 Å². The first-order valence-electron chi connectivity index (χ1n) is 7.40. The lowest BCUT2D eigenvalue weighted by atomic mass is 9.80. The molecule has 1 saturated carbocycles. The van der Waals surface area contributed by atoms with Gasteiger partial charge in [0.05, 0.1) is 11.6 Å². The number of hydrogen-bond acceptors (Lipinski definition) is 3. The number of rotatable bonds is 1. The summed E-state index contributed by atoms with van der Waals surface area (Å²) in [5, 5.41) is 9.79. The van der Waals surface area contributed by atoms with Crippen LogP contribution in [0.4, 0.5) is 0 Å². The second-order valence-electron chi connectivity index (χ2n) is 6.44. The Morgan fingerprint density at radius 1 is 1.11 bits per heavy atom. The highest BCUT2D eigenvalue weighted by atomic mass is 35.5. The normalized spacial score (nSPS) is 36.7. The molecule has 3 rings (SSSR count). The summed E-state index contributed by atoms with van der Waals surface area (Å²) in [5.74, 6) is 0.168. The largest absolute Gasteiger partial charge is 0.393 e. The van der Waals surface area contributed by atoms with Gasteiger partial charge >= 0.3 is 0 Å². The van der Waals surface area contributed by atoms with Gasteiger partial charge in [0.15, 0.2) is 0 Å². The summed E-state index contributed by atoms with van der Waals surface area (Å²) >= 11 is 0. The van der Waals surface area contributed by atoms with E-state index in [1.165, 1.54) is 6.42 Å². The average Bonchev–Trinajstić information content (AvgIpc) is 2.61. The number of aliphatic hydroxyl groups is 1. The van der Waals surface area contributed by atoms with Crippen LogP contribution in [0.25, 0.3) is 0 Å². The van der Waals surface area contributed by atoms with E-state index in [9.17, 15) is 9.90 Å². The van der Waals surface area contributed by atoms with Crippen LogP contribution in [-0.4, -0.2) is 39.6 Å². The molecule has 3 aliphatic rings. The molecule has 2 atom stereocenters. The van der Waals surface area contributed by atoms with Gasteiger partial charge in [-0.25, -0.2) is 0 Å². The number of piperidine rings is 1. The van der Waals surface area contributed by atoms with Crippen LogP contribution in [0, 0.1) is 0 Å². The van der Waals surface area contributed by atoms with Crippen molar-refractivity contribution >= 4 is 18.3 Å². The summed E-state index contributed by atoms with van der Waals surface area (Å²) < 4.78 is 0. The number of nitrogens with two attached hydrogens (primary N) is 1. The first-order chi connectivity index (χ1) is 8.60. The fraction of sp³-hybridized carbons (Fsp3) is 0.929. The molecule has 0 aromatic rings. The molecule has 3 fully saturated rings. The van der Waals surface area contributed by atoms with E-state index in [2.05, 4.69) is 0 Å². The molecule has 5 heteroatoms. The van der Waals surface area contributed by atoms with Crippen LogP contribution in [0.2, 0.25) is 0 Å². The predicted octanol–water partition coefficient (Wildman–Crippen LogP) is 1.58. The first-order valence-corrected chi connectivity index (χ1v) is 7.40. The van der Waals surface area contributed by atoms with Gasteiger partial charge in [-0.05, 0) is 38.5 Å². The number of carbonyl (C=O) groups is 1. The van der Waals surface area contributed by atoms with E-state index in [4.69, 9.17) is 5.73 Å². The Balaban J connectivity index is 0.00000133. The van der Waals surface area contributed by atoms with E-state index in [1.807, 2.05) is 4.90 Å². The Morgan fingerprint density at radius 3 is 2.16 bits per heavy atom. The van der Waals surface area contributed by atoms with Crippen LogP contribution in [0.1, 0.15) is 57.8 Å². The second kappa shape index (κ2) is 5.58. The van der Waals surface area contributed by atoms with Crippen molar-refractivity contribution in [2.45, 2.75) is 81.5 Å². The molecule has 0 radical (unpaired) electrons. The van der Waals surface area contributed by atoms with Gasteiger partial charge in [-0.1, -0.05) is 19.3 Å². The summed E-state index contributed by atoms with van der Waals surface area (Å²) in [5.41, 5.74) is 5.76. The highest BCUT2D eigenvalue weighted by Gasteiger charge is 2.48. The fourth-order valence-corrected chi connectivity index (χ4v) is 4.13. The molecule has 4 nitrogen and oxygen atoms in total. The van der Waals surface area contributed by atoms with Crippen LogP contribution >= 0.6 is 12.4 Å². The third-order valence-electron chi connectivity index (χ3n) is 5.11. The Labute approximate surface area is 121 Å². The van der Waals surface area contributed by atoms with E-state index >= 15 is 0 Å². The zero-order chi connectivity index (χ0) is 12.8. The lowest BCUT2D eigenvalue weighted by Gasteiger charge is -2.43. The molecular weight excluding hydrogens is 264 g/mol. The number of amides is 1.